The highest BCUT2D eigenvalue weighted by atomic mass is 16.6. The van der Waals surface area contributed by atoms with Crippen LogP contribution in [-0.2, 0) is 17.6 Å². The molecule has 1 aromatic carbocycles. The molecule has 0 aromatic heterocycles. The van der Waals surface area contributed by atoms with E-state index in [-0.39, 0.29) is 12.2 Å². The third-order valence-electron chi connectivity index (χ3n) is 7.21. The predicted molar refractivity (Wildman–Crippen MR) is 120 cm³/mol. The highest BCUT2D eigenvalue weighted by molar-refractivity contribution is 5.68. The lowest BCUT2D eigenvalue weighted by molar-refractivity contribution is 0.0126. The van der Waals surface area contributed by atoms with Crippen molar-refractivity contribution in [3.8, 4) is 5.75 Å². The summed E-state index contributed by atoms with van der Waals surface area (Å²) < 4.78 is 11.8. The lowest BCUT2D eigenvalue weighted by Crippen LogP contribution is -2.44. The van der Waals surface area contributed by atoms with Gasteiger partial charge in [0.05, 0.1) is 0 Å². The highest BCUT2D eigenvalue weighted by Gasteiger charge is 2.29. The van der Waals surface area contributed by atoms with Crippen LogP contribution >= 0.6 is 0 Å². The Hall–Kier alpha value is -1.71. The number of piperidine rings is 1. The van der Waals surface area contributed by atoms with E-state index >= 15 is 0 Å². The van der Waals surface area contributed by atoms with Crippen molar-refractivity contribution >= 4 is 6.09 Å². The molecule has 4 heteroatoms. The summed E-state index contributed by atoms with van der Waals surface area (Å²) >= 11 is 0. The Morgan fingerprint density at radius 2 is 1.53 bits per heavy atom. The first kappa shape index (κ1) is 21.5. The molecule has 4 nitrogen and oxygen atoms in total. The van der Waals surface area contributed by atoms with Gasteiger partial charge in [0, 0.05) is 25.9 Å². The summed E-state index contributed by atoms with van der Waals surface area (Å²) in [5.74, 6) is 2.90. The summed E-state index contributed by atoms with van der Waals surface area (Å²) in [6.07, 6.45) is 12.6. The first-order valence-electron chi connectivity index (χ1n) is 12.1. The largest absolute Gasteiger partial charge is 0.490 e. The van der Waals surface area contributed by atoms with E-state index in [0.29, 0.717) is 13.1 Å². The molecule has 0 spiro atoms. The average Bonchev–Trinajstić information content (AvgIpc) is 3.15. The van der Waals surface area contributed by atoms with Gasteiger partial charge in [-0.15, -0.1) is 0 Å². The Kier molecular flexibility index (Phi) is 6.60. The smallest absolute Gasteiger partial charge is 0.410 e. The van der Waals surface area contributed by atoms with Gasteiger partial charge in [0.25, 0.3) is 0 Å². The quantitative estimate of drug-likeness (QED) is 0.558. The van der Waals surface area contributed by atoms with E-state index in [4.69, 9.17) is 9.47 Å². The van der Waals surface area contributed by atoms with Gasteiger partial charge in [-0.3, -0.25) is 0 Å². The summed E-state index contributed by atoms with van der Waals surface area (Å²) in [4.78, 5) is 14.1. The van der Waals surface area contributed by atoms with E-state index in [1.807, 2.05) is 25.7 Å². The number of likely N-dealkylation sites (tertiary alicyclic amines) is 1. The number of rotatable bonds is 3. The minimum atomic E-state index is -0.441. The summed E-state index contributed by atoms with van der Waals surface area (Å²) in [6.45, 7) is 7.14. The van der Waals surface area contributed by atoms with Crippen molar-refractivity contribution in [2.24, 2.45) is 11.8 Å². The molecule has 0 N–H and O–H groups in total. The Morgan fingerprint density at radius 1 is 0.900 bits per heavy atom. The van der Waals surface area contributed by atoms with Crippen LogP contribution in [0.2, 0.25) is 0 Å². The van der Waals surface area contributed by atoms with Crippen LogP contribution in [0.1, 0.15) is 83.3 Å². The topological polar surface area (TPSA) is 38.8 Å². The van der Waals surface area contributed by atoms with Crippen molar-refractivity contribution < 1.29 is 14.3 Å². The van der Waals surface area contributed by atoms with Crippen LogP contribution in [0, 0.1) is 11.8 Å². The minimum Gasteiger partial charge on any atom is -0.490 e. The van der Waals surface area contributed by atoms with Gasteiger partial charge >= 0.3 is 6.09 Å². The van der Waals surface area contributed by atoms with E-state index in [2.05, 4.69) is 18.2 Å². The van der Waals surface area contributed by atoms with Gasteiger partial charge in [-0.2, -0.15) is 0 Å². The number of nitrogens with zero attached hydrogens (tertiary/aromatic N) is 1. The maximum Gasteiger partial charge on any atom is 0.410 e. The number of hydrogen-bond acceptors (Lipinski definition) is 3. The molecule has 166 valence electrons. The fraction of sp³-hybridized carbons (Fsp3) is 0.731. The molecule has 1 atom stereocenters. The zero-order valence-corrected chi connectivity index (χ0v) is 19.1. The van der Waals surface area contributed by atoms with Crippen LogP contribution in [0.25, 0.3) is 0 Å². The molecular weight excluding hydrogens is 374 g/mol. The summed E-state index contributed by atoms with van der Waals surface area (Å²) in [7, 11) is 0. The van der Waals surface area contributed by atoms with Gasteiger partial charge in [-0.1, -0.05) is 31.7 Å². The van der Waals surface area contributed by atoms with E-state index in [0.717, 1.165) is 30.4 Å². The Bertz CT molecular complexity index is 724. The molecule has 1 aliphatic heterocycles. The minimum absolute atomic E-state index is 0.179. The second-order valence-electron chi connectivity index (χ2n) is 10.6. The molecule has 0 radical (unpaired) electrons. The molecular formula is C26H39NO3. The predicted octanol–water partition coefficient (Wildman–Crippen LogP) is 6.15. The van der Waals surface area contributed by atoms with Gasteiger partial charge in [0.2, 0.25) is 0 Å². The second kappa shape index (κ2) is 9.20. The maximum atomic E-state index is 12.3. The molecule has 4 rings (SSSR count). The Morgan fingerprint density at radius 3 is 2.20 bits per heavy atom. The number of carbonyl (C=O) groups excluding carboxylic acids is 1. The fourth-order valence-electron chi connectivity index (χ4n) is 5.55. The molecule has 2 fully saturated rings. The average molecular weight is 414 g/mol. The Balaban J connectivity index is 1.29. The standard InChI is InChI=1S/C26H39NO3/c1-26(2,3)30-25(28)27-16-14-23(15-17-27)29-24-13-12-21-9-8-20(10-11-22(21)18-24)19-6-4-5-7-19/h12-13,18-20,23H,4-11,14-17H2,1-3H3. The summed E-state index contributed by atoms with van der Waals surface area (Å²) in [5, 5.41) is 0. The van der Waals surface area contributed by atoms with Crippen LogP contribution in [0.4, 0.5) is 4.79 Å². The normalized spacial score (nSPS) is 23.7. The van der Waals surface area contributed by atoms with Crippen LogP contribution in [0.3, 0.4) is 0 Å². The highest BCUT2D eigenvalue weighted by Crippen LogP contribution is 2.39. The van der Waals surface area contributed by atoms with Crippen molar-refractivity contribution in [1.82, 2.24) is 4.90 Å². The lowest BCUT2D eigenvalue weighted by atomic mass is 9.85. The third kappa shape index (κ3) is 5.50. The van der Waals surface area contributed by atoms with Gasteiger partial charge in [0.15, 0.2) is 0 Å². The van der Waals surface area contributed by atoms with E-state index in [1.165, 1.54) is 62.5 Å². The number of hydrogen-bond donors (Lipinski definition) is 0. The summed E-state index contributed by atoms with van der Waals surface area (Å²) in [6, 6.07) is 6.76. The zero-order chi connectivity index (χ0) is 21.1. The SMILES string of the molecule is CC(C)(C)OC(=O)N1CCC(Oc2ccc3c(c2)CCC(C2CCCC2)CC3)CC1. The van der Waals surface area contributed by atoms with Gasteiger partial charge in [0.1, 0.15) is 17.5 Å². The Labute approximate surface area is 182 Å². The zero-order valence-electron chi connectivity index (χ0n) is 19.1. The van der Waals surface area contributed by atoms with Gasteiger partial charge in [-0.25, -0.2) is 4.79 Å². The molecule has 3 aliphatic rings. The maximum absolute atomic E-state index is 12.3. The molecule has 1 amide bonds. The number of aryl methyl sites for hydroxylation is 2. The first-order valence-corrected chi connectivity index (χ1v) is 12.1. The van der Waals surface area contributed by atoms with E-state index in [1.54, 1.807) is 0 Å². The lowest BCUT2D eigenvalue weighted by Gasteiger charge is -2.33. The van der Waals surface area contributed by atoms with E-state index < -0.39 is 5.60 Å². The number of carbonyl (C=O) groups is 1. The van der Waals surface area contributed by atoms with Gasteiger partial charge < -0.3 is 14.4 Å². The number of amides is 1. The van der Waals surface area contributed by atoms with Crippen molar-refractivity contribution in [2.45, 2.75) is 96.7 Å². The van der Waals surface area contributed by atoms with Crippen LogP contribution in [0.5, 0.6) is 5.75 Å². The molecule has 2 aliphatic carbocycles. The molecule has 30 heavy (non-hydrogen) atoms. The van der Waals surface area contributed by atoms with Crippen molar-refractivity contribution in [3.63, 3.8) is 0 Å². The summed E-state index contributed by atoms with van der Waals surface area (Å²) in [5.41, 5.74) is 2.59. The molecule has 1 heterocycles. The van der Waals surface area contributed by atoms with Crippen LogP contribution in [0.15, 0.2) is 18.2 Å². The molecule has 1 saturated heterocycles. The number of benzene rings is 1. The number of ether oxygens (including phenoxy) is 2. The van der Waals surface area contributed by atoms with Crippen molar-refractivity contribution in [1.29, 1.82) is 0 Å². The second-order valence-corrected chi connectivity index (χ2v) is 10.6. The van der Waals surface area contributed by atoms with E-state index in [9.17, 15) is 4.79 Å². The molecule has 1 aromatic rings. The molecule has 0 bridgehead atoms. The fourth-order valence-corrected chi connectivity index (χ4v) is 5.55. The van der Waals surface area contributed by atoms with Crippen molar-refractivity contribution in [3.05, 3.63) is 29.3 Å². The molecule has 1 unspecified atom stereocenters. The number of fused-ring (bicyclic) bond motifs is 1. The first-order chi connectivity index (χ1) is 14.4. The van der Waals surface area contributed by atoms with Crippen molar-refractivity contribution in [2.75, 3.05) is 13.1 Å². The molecule has 1 saturated carbocycles. The van der Waals surface area contributed by atoms with Crippen LogP contribution < -0.4 is 4.74 Å². The van der Waals surface area contributed by atoms with Crippen LogP contribution in [-0.4, -0.2) is 35.8 Å². The third-order valence-corrected chi connectivity index (χ3v) is 7.21. The monoisotopic (exact) mass is 413 g/mol. The van der Waals surface area contributed by atoms with Gasteiger partial charge in [-0.05, 0) is 81.5 Å².